The Morgan fingerprint density at radius 1 is 1.20 bits per heavy atom. The second kappa shape index (κ2) is 7.10. The van der Waals surface area contributed by atoms with Crippen molar-refractivity contribution in [1.82, 2.24) is 4.90 Å². The fourth-order valence-corrected chi connectivity index (χ4v) is 2.35. The normalized spacial score (nSPS) is 13.7. The molecule has 1 aromatic rings. The smallest absolute Gasteiger partial charge is 0.148 e. The van der Waals surface area contributed by atoms with E-state index >= 15 is 0 Å². The highest BCUT2D eigenvalue weighted by Crippen LogP contribution is 2.19. The van der Waals surface area contributed by atoms with Crippen LogP contribution in [0.1, 0.15) is 18.1 Å². The topological polar surface area (TPSA) is 57.6 Å². The molecule has 0 saturated heterocycles. The van der Waals surface area contributed by atoms with Gasteiger partial charge in [-0.05, 0) is 31.2 Å². The van der Waals surface area contributed by atoms with E-state index in [0.29, 0.717) is 13.1 Å². The minimum absolute atomic E-state index is 0.0359. The van der Waals surface area contributed by atoms with Crippen LogP contribution in [-0.4, -0.2) is 50.6 Å². The van der Waals surface area contributed by atoms with Crippen molar-refractivity contribution in [2.24, 2.45) is 0 Å². The highest BCUT2D eigenvalue weighted by atomic mass is 32.2. The van der Waals surface area contributed by atoms with Crippen molar-refractivity contribution >= 4 is 9.84 Å². The molecule has 0 saturated carbocycles. The van der Waals surface area contributed by atoms with Crippen molar-refractivity contribution in [3.63, 3.8) is 0 Å². The zero-order valence-corrected chi connectivity index (χ0v) is 12.3. The van der Waals surface area contributed by atoms with Gasteiger partial charge in [-0.25, -0.2) is 17.2 Å². The van der Waals surface area contributed by atoms with Crippen LogP contribution < -0.4 is 0 Å². The van der Waals surface area contributed by atoms with Crippen molar-refractivity contribution < 1.29 is 22.3 Å². The second-order valence-corrected chi connectivity index (χ2v) is 7.20. The third kappa shape index (κ3) is 6.40. The lowest BCUT2D eigenvalue weighted by atomic mass is 10.1. The number of halogens is 2. The summed E-state index contributed by atoms with van der Waals surface area (Å²) in [6.45, 7) is 0.776. The fourth-order valence-electron chi connectivity index (χ4n) is 1.71. The summed E-state index contributed by atoms with van der Waals surface area (Å²) in [7, 11) is -1.30. The van der Waals surface area contributed by atoms with Gasteiger partial charge >= 0.3 is 0 Å². The number of hydrogen-bond donors (Lipinski definition) is 1. The molecule has 0 aromatic heterocycles. The molecule has 4 nitrogen and oxygen atoms in total. The van der Waals surface area contributed by atoms with Crippen LogP contribution in [-0.2, 0) is 9.84 Å². The van der Waals surface area contributed by atoms with E-state index in [9.17, 15) is 22.3 Å². The first-order valence-corrected chi connectivity index (χ1v) is 8.24. The first-order valence-electron chi connectivity index (χ1n) is 6.18. The van der Waals surface area contributed by atoms with Crippen molar-refractivity contribution in [3.8, 4) is 0 Å². The summed E-state index contributed by atoms with van der Waals surface area (Å²) >= 11 is 0. The van der Waals surface area contributed by atoms with E-state index in [1.807, 2.05) is 0 Å². The largest absolute Gasteiger partial charge is 0.388 e. The van der Waals surface area contributed by atoms with Gasteiger partial charge in [-0.2, -0.15) is 0 Å². The van der Waals surface area contributed by atoms with Crippen LogP contribution in [0.2, 0.25) is 0 Å². The predicted octanol–water partition coefficient (Wildman–Crippen LogP) is 1.36. The van der Waals surface area contributed by atoms with E-state index in [2.05, 4.69) is 0 Å². The summed E-state index contributed by atoms with van der Waals surface area (Å²) < 4.78 is 48.0. The molecular weight excluding hydrogens is 288 g/mol. The zero-order valence-electron chi connectivity index (χ0n) is 11.5. The van der Waals surface area contributed by atoms with Crippen LogP contribution in [0.5, 0.6) is 0 Å². The number of benzene rings is 1. The molecule has 1 aromatic carbocycles. The molecule has 0 aliphatic carbocycles. The van der Waals surface area contributed by atoms with E-state index in [1.165, 1.54) is 0 Å². The second-order valence-electron chi connectivity index (χ2n) is 4.94. The van der Waals surface area contributed by atoms with Gasteiger partial charge in [0.15, 0.2) is 0 Å². The molecule has 1 atom stereocenters. The maximum absolute atomic E-state index is 13.0. The molecule has 0 aliphatic rings. The standard InChI is InChI=1S/C13H19F2NO3S/c1-16(5-6-20(2,18)19)4-3-13(17)10-7-11(14)9-12(15)8-10/h7-9,13,17H,3-6H2,1-2H3. The molecule has 0 spiro atoms. The molecular formula is C13H19F2NO3S. The number of hydrogen-bond acceptors (Lipinski definition) is 4. The van der Waals surface area contributed by atoms with Gasteiger partial charge in [0.25, 0.3) is 0 Å². The average Bonchev–Trinajstić information content (AvgIpc) is 2.31. The lowest BCUT2D eigenvalue weighted by Gasteiger charge is -2.18. The average molecular weight is 307 g/mol. The maximum Gasteiger partial charge on any atom is 0.148 e. The van der Waals surface area contributed by atoms with Gasteiger partial charge in [0.1, 0.15) is 21.5 Å². The van der Waals surface area contributed by atoms with Crippen molar-refractivity contribution in [2.75, 3.05) is 32.1 Å². The lowest BCUT2D eigenvalue weighted by Crippen LogP contribution is -2.27. The summed E-state index contributed by atoms with van der Waals surface area (Å²) in [5, 5.41) is 9.87. The first kappa shape index (κ1) is 17.0. The molecule has 114 valence electrons. The van der Waals surface area contributed by atoms with Gasteiger partial charge in [-0.3, -0.25) is 0 Å². The molecule has 1 unspecified atom stereocenters. The molecule has 7 heteroatoms. The molecule has 0 amide bonds. The Labute approximate surface area is 117 Å². The maximum atomic E-state index is 13.0. The van der Waals surface area contributed by atoms with E-state index < -0.39 is 27.6 Å². The molecule has 0 fully saturated rings. The Morgan fingerprint density at radius 3 is 2.25 bits per heavy atom. The lowest BCUT2D eigenvalue weighted by molar-refractivity contribution is 0.150. The third-order valence-electron chi connectivity index (χ3n) is 2.90. The van der Waals surface area contributed by atoms with Crippen LogP contribution in [0, 0.1) is 11.6 Å². The van der Waals surface area contributed by atoms with Gasteiger partial charge in [-0.1, -0.05) is 0 Å². The predicted molar refractivity (Wildman–Crippen MR) is 73.1 cm³/mol. The minimum atomic E-state index is -3.02. The Hall–Kier alpha value is -1.05. The van der Waals surface area contributed by atoms with Crippen molar-refractivity contribution in [2.45, 2.75) is 12.5 Å². The van der Waals surface area contributed by atoms with E-state index in [-0.39, 0.29) is 17.7 Å². The van der Waals surface area contributed by atoms with Gasteiger partial charge in [0, 0.05) is 25.4 Å². The van der Waals surface area contributed by atoms with Crippen LogP contribution >= 0.6 is 0 Å². The van der Waals surface area contributed by atoms with E-state index in [4.69, 9.17) is 0 Å². The quantitative estimate of drug-likeness (QED) is 0.826. The summed E-state index contributed by atoms with van der Waals surface area (Å²) in [5.41, 5.74) is 0.180. The molecule has 20 heavy (non-hydrogen) atoms. The highest BCUT2D eigenvalue weighted by Gasteiger charge is 2.12. The van der Waals surface area contributed by atoms with Crippen molar-refractivity contribution in [3.05, 3.63) is 35.4 Å². The highest BCUT2D eigenvalue weighted by molar-refractivity contribution is 7.90. The Morgan fingerprint density at radius 2 is 1.75 bits per heavy atom. The first-order chi connectivity index (χ1) is 9.17. The fraction of sp³-hybridized carbons (Fsp3) is 0.538. The zero-order chi connectivity index (χ0) is 15.3. The van der Waals surface area contributed by atoms with Crippen LogP contribution in [0.3, 0.4) is 0 Å². The molecule has 1 N–H and O–H groups in total. The van der Waals surface area contributed by atoms with Gasteiger partial charge in [0.05, 0.1) is 11.9 Å². The van der Waals surface area contributed by atoms with Gasteiger partial charge in [0.2, 0.25) is 0 Å². The minimum Gasteiger partial charge on any atom is -0.388 e. The SMILES string of the molecule is CN(CCC(O)c1cc(F)cc(F)c1)CCS(C)(=O)=O. The van der Waals surface area contributed by atoms with Gasteiger partial charge < -0.3 is 10.0 Å². The number of aliphatic hydroxyl groups is 1. The summed E-state index contributed by atoms with van der Waals surface area (Å²) in [5.74, 6) is -1.43. The van der Waals surface area contributed by atoms with Crippen LogP contribution in [0.25, 0.3) is 0 Å². The Balaban J connectivity index is 2.48. The summed E-state index contributed by atoms with van der Waals surface area (Å²) in [4.78, 5) is 1.75. The third-order valence-corrected chi connectivity index (χ3v) is 3.82. The molecule has 0 aliphatic heterocycles. The molecule has 0 bridgehead atoms. The van der Waals surface area contributed by atoms with Crippen LogP contribution in [0.15, 0.2) is 18.2 Å². The Bertz CT molecular complexity index is 528. The monoisotopic (exact) mass is 307 g/mol. The summed E-state index contributed by atoms with van der Waals surface area (Å²) in [6, 6.07) is 2.92. The number of nitrogens with zero attached hydrogens (tertiary/aromatic N) is 1. The number of aliphatic hydroxyl groups excluding tert-OH is 1. The molecule has 1 rings (SSSR count). The van der Waals surface area contributed by atoms with Crippen LogP contribution in [0.4, 0.5) is 8.78 Å². The van der Waals surface area contributed by atoms with E-state index in [0.717, 1.165) is 24.5 Å². The number of rotatable bonds is 7. The Kier molecular flexibility index (Phi) is 6.04. The van der Waals surface area contributed by atoms with E-state index in [1.54, 1.807) is 11.9 Å². The number of sulfone groups is 1. The van der Waals surface area contributed by atoms with Gasteiger partial charge in [-0.15, -0.1) is 0 Å². The molecule has 0 heterocycles. The molecule has 0 radical (unpaired) electrons. The van der Waals surface area contributed by atoms with Crippen molar-refractivity contribution in [1.29, 1.82) is 0 Å². The summed E-state index contributed by atoms with van der Waals surface area (Å²) in [6.07, 6.45) is 0.440.